The Morgan fingerprint density at radius 3 is 2.87 bits per heavy atom. The molecule has 0 amide bonds. The number of benzene rings is 1. The van der Waals surface area contributed by atoms with Crippen LogP contribution >= 0.6 is 11.6 Å². The van der Waals surface area contributed by atoms with Crippen molar-refractivity contribution in [2.75, 3.05) is 0 Å². The van der Waals surface area contributed by atoms with Gasteiger partial charge in [-0.25, -0.2) is 9.37 Å². The van der Waals surface area contributed by atoms with Gasteiger partial charge in [-0.2, -0.15) is 0 Å². The average Bonchev–Trinajstić information content (AvgIpc) is 2.70. The van der Waals surface area contributed by atoms with Gasteiger partial charge in [0.2, 0.25) is 5.89 Å². The highest BCUT2D eigenvalue weighted by atomic mass is 35.5. The summed E-state index contributed by atoms with van der Waals surface area (Å²) in [4.78, 5) is 3.97. The minimum absolute atomic E-state index is 0.226. The Morgan fingerprint density at radius 1 is 1.47 bits per heavy atom. The van der Waals surface area contributed by atoms with Crippen molar-refractivity contribution in [2.45, 2.75) is 12.8 Å². The summed E-state index contributed by atoms with van der Waals surface area (Å²) in [5.74, 6) is 1.08. The van der Waals surface area contributed by atoms with E-state index < -0.39 is 0 Å². The third-order valence-corrected chi connectivity index (χ3v) is 2.34. The number of aryl methyl sites for hydroxylation is 1. The van der Waals surface area contributed by atoms with Gasteiger partial charge >= 0.3 is 0 Å². The average molecular weight is 226 g/mol. The van der Waals surface area contributed by atoms with E-state index in [2.05, 4.69) is 4.98 Å². The molecule has 0 spiro atoms. The van der Waals surface area contributed by atoms with Gasteiger partial charge in [0, 0.05) is 5.56 Å². The van der Waals surface area contributed by atoms with Crippen LogP contribution in [0.4, 0.5) is 4.39 Å². The van der Waals surface area contributed by atoms with Crippen molar-refractivity contribution in [2.24, 2.45) is 0 Å². The molecule has 0 fully saturated rings. The van der Waals surface area contributed by atoms with Crippen LogP contribution in [-0.2, 0) is 5.88 Å². The Bertz CT molecular complexity index is 481. The maximum absolute atomic E-state index is 13.0. The molecule has 15 heavy (non-hydrogen) atoms. The van der Waals surface area contributed by atoms with Crippen LogP contribution < -0.4 is 0 Å². The van der Waals surface area contributed by atoms with Crippen molar-refractivity contribution >= 4 is 11.6 Å². The number of oxazole rings is 1. The van der Waals surface area contributed by atoms with Gasteiger partial charge in [0.25, 0.3) is 0 Å². The second kappa shape index (κ2) is 4.03. The smallest absolute Gasteiger partial charge is 0.209 e. The molecule has 0 saturated heterocycles. The summed E-state index contributed by atoms with van der Waals surface area (Å²) < 4.78 is 18.4. The van der Waals surface area contributed by atoms with Gasteiger partial charge in [-0.15, -0.1) is 11.6 Å². The Morgan fingerprint density at radius 2 is 2.27 bits per heavy atom. The molecule has 1 aromatic carbocycles. The van der Waals surface area contributed by atoms with E-state index in [9.17, 15) is 4.39 Å². The van der Waals surface area contributed by atoms with Crippen molar-refractivity contribution in [3.63, 3.8) is 0 Å². The second-order valence-corrected chi connectivity index (χ2v) is 3.48. The first-order valence-corrected chi connectivity index (χ1v) is 5.01. The number of hydrogen-bond acceptors (Lipinski definition) is 2. The number of rotatable bonds is 2. The van der Waals surface area contributed by atoms with E-state index >= 15 is 0 Å². The van der Waals surface area contributed by atoms with Gasteiger partial charge in [0.1, 0.15) is 5.82 Å². The predicted octanol–water partition coefficient (Wildman–Crippen LogP) is 3.53. The summed E-state index contributed by atoms with van der Waals surface area (Å²) in [5.41, 5.74) is 1.38. The van der Waals surface area contributed by atoms with Crippen molar-refractivity contribution in [1.29, 1.82) is 0 Å². The highest BCUT2D eigenvalue weighted by Gasteiger charge is 2.07. The molecule has 0 atom stereocenters. The molecule has 2 nitrogen and oxygen atoms in total. The van der Waals surface area contributed by atoms with E-state index in [1.54, 1.807) is 25.3 Å². The zero-order valence-corrected chi connectivity index (χ0v) is 8.88. The lowest BCUT2D eigenvalue weighted by atomic mass is 10.1. The molecule has 0 radical (unpaired) electrons. The Hall–Kier alpha value is -1.35. The van der Waals surface area contributed by atoms with Gasteiger partial charge in [-0.05, 0) is 30.7 Å². The first kappa shape index (κ1) is 10.2. The van der Waals surface area contributed by atoms with Crippen LogP contribution in [0.25, 0.3) is 11.3 Å². The van der Waals surface area contributed by atoms with E-state index in [1.165, 1.54) is 6.07 Å². The third kappa shape index (κ3) is 2.02. The summed E-state index contributed by atoms with van der Waals surface area (Å²) in [5, 5.41) is 0. The van der Waals surface area contributed by atoms with Gasteiger partial charge in [0.05, 0.1) is 12.1 Å². The lowest BCUT2D eigenvalue weighted by Gasteiger charge is -1.99. The van der Waals surface area contributed by atoms with Crippen LogP contribution in [0.3, 0.4) is 0 Å². The minimum Gasteiger partial charge on any atom is -0.439 e. The molecule has 1 heterocycles. The number of aromatic nitrogens is 1. The molecule has 0 bridgehead atoms. The van der Waals surface area contributed by atoms with Crippen LogP contribution in [0.1, 0.15) is 11.5 Å². The fourth-order valence-electron chi connectivity index (χ4n) is 1.30. The van der Waals surface area contributed by atoms with Gasteiger partial charge in [0.15, 0.2) is 5.76 Å². The molecule has 2 aromatic rings. The quantitative estimate of drug-likeness (QED) is 0.731. The summed E-state index contributed by atoms with van der Waals surface area (Å²) in [6, 6.07) is 4.78. The fourth-order valence-corrected chi connectivity index (χ4v) is 1.43. The van der Waals surface area contributed by atoms with Crippen LogP contribution in [-0.4, -0.2) is 4.98 Å². The second-order valence-electron chi connectivity index (χ2n) is 3.22. The maximum Gasteiger partial charge on any atom is 0.209 e. The molecular weight excluding hydrogens is 217 g/mol. The summed E-state index contributed by atoms with van der Waals surface area (Å²) in [6.07, 6.45) is 1.59. The van der Waals surface area contributed by atoms with Gasteiger partial charge < -0.3 is 4.42 Å². The van der Waals surface area contributed by atoms with E-state index in [-0.39, 0.29) is 11.7 Å². The molecule has 78 valence electrons. The summed E-state index contributed by atoms with van der Waals surface area (Å²) in [6.45, 7) is 1.71. The van der Waals surface area contributed by atoms with Crippen LogP contribution in [0.15, 0.2) is 28.8 Å². The Kier molecular flexibility index (Phi) is 2.73. The fraction of sp³-hybridized carbons (Fsp3) is 0.182. The topological polar surface area (TPSA) is 26.0 Å². The molecule has 0 saturated carbocycles. The van der Waals surface area contributed by atoms with Gasteiger partial charge in [-0.3, -0.25) is 0 Å². The molecule has 0 aliphatic carbocycles. The summed E-state index contributed by atoms with van der Waals surface area (Å²) >= 11 is 5.57. The SMILES string of the molecule is Cc1cc(-c2cnc(CCl)o2)ccc1F. The molecule has 2 rings (SSSR count). The highest BCUT2D eigenvalue weighted by molar-refractivity contribution is 6.16. The number of hydrogen-bond donors (Lipinski definition) is 0. The normalized spacial score (nSPS) is 10.6. The molecule has 0 unspecified atom stereocenters. The monoisotopic (exact) mass is 225 g/mol. The number of halogens is 2. The molecular formula is C11H9ClFNO. The zero-order chi connectivity index (χ0) is 10.8. The largest absolute Gasteiger partial charge is 0.439 e. The molecule has 0 aliphatic heterocycles. The molecule has 1 aromatic heterocycles. The minimum atomic E-state index is -0.226. The van der Waals surface area contributed by atoms with Crippen molar-refractivity contribution < 1.29 is 8.81 Å². The van der Waals surface area contributed by atoms with E-state index in [4.69, 9.17) is 16.0 Å². The Labute approximate surface area is 91.7 Å². The van der Waals surface area contributed by atoms with E-state index in [1.807, 2.05) is 0 Å². The first-order valence-electron chi connectivity index (χ1n) is 4.48. The Balaban J connectivity index is 2.40. The number of alkyl halides is 1. The van der Waals surface area contributed by atoms with Crippen LogP contribution in [0.5, 0.6) is 0 Å². The standard InChI is InChI=1S/C11H9ClFNO/c1-7-4-8(2-3-9(7)13)10-6-14-11(5-12)15-10/h2-4,6H,5H2,1H3. The predicted molar refractivity (Wildman–Crippen MR) is 56.2 cm³/mol. The van der Waals surface area contributed by atoms with Crippen molar-refractivity contribution in [3.05, 3.63) is 41.7 Å². The van der Waals surface area contributed by atoms with Gasteiger partial charge in [-0.1, -0.05) is 0 Å². The third-order valence-electron chi connectivity index (χ3n) is 2.11. The lowest BCUT2D eigenvalue weighted by Crippen LogP contribution is -1.82. The molecule has 4 heteroatoms. The zero-order valence-electron chi connectivity index (χ0n) is 8.13. The van der Waals surface area contributed by atoms with E-state index in [0.29, 0.717) is 17.2 Å². The van der Waals surface area contributed by atoms with Crippen molar-refractivity contribution in [3.8, 4) is 11.3 Å². The van der Waals surface area contributed by atoms with Crippen molar-refractivity contribution in [1.82, 2.24) is 4.98 Å². The molecule has 0 N–H and O–H groups in total. The van der Waals surface area contributed by atoms with Crippen LogP contribution in [0.2, 0.25) is 0 Å². The highest BCUT2D eigenvalue weighted by Crippen LogP contribution is 2.23. The number of nitrogens with zero attached hydrogens (tertiary/aromatic N) is 1. The maximum atomic E-state index is 13.0. The molecule has 0 aliphatic rings. The van der Waals surface area contributed by atoms with E-state index in [0.717, 1.165) is 5.56 Å². The summed E-state index contributed by atoms with van der Waals surface area (Å²) in [7, 11) is 0. The van der Waals surface area contributed by atoms with Crippen LogP contribution in [0, 0.1) is 12.7 Å². The lowest BCUT2D eigenvalue weighted by molar-refractivity contribution is 0.528. The first-order chi connectivity index (χ1) is 7.20.